The number of halogens is 1. The van der Waals surface area contributed by atoms with Gasteiger partial charge in [0.05, 0.1) is 7.73 Å². The van der Waals surface area contributed by atoms with Crippen molar-refractivity contribution in [3.05, 3.63) is 12.3 Å². The van der Waals surface area contributed by atoms with Crippen molar-refractivity contribution in [1.82, 2.24) is 0 Å². The number of nitrogens with zero attached hydrogens (tertiary/aromatic N) is 1. The van der Waals surface area contributed by atoms with Gasteiger partial charge in [-0.2, -0.15) is 0 Å². The number of carboxylic acids is 1. The Balaban J connectivity index is 2.84. The van der Waals surface area contributed by atoms with Gasteiger partial charge in [0.1, 0.15) is 0 Å². The number of rotatable bonds is 1. The Morgan fingerprint density at radius 1 is 1.78 bits per heavy atom. The van der Waals surface area contributed by atoms with Crippen LogP contribution in [0.2, 0.25) is 0 Å². The lowest BCUT2D eigenvalue weighted by molar-refractivity contribution is -0.128. The number of carbonyl (C=O) groups is 1. The Bertz CT molecular complexity index is 217. The maximum absolute atomic E-state index is 10.2. The first-order valence-electron chi connectivity index (χ1n) is 2.22. The van der Waals surface area contributed by atoms with Gasteiger partial charge in [-0.15, -0.1) is 0 Å². The monoisotopic (exact) mass is 237 g/mol. The van der Waals surface area contributed by atoms with Crippen molar-refractivity contribution in [1.29, 1.82) is 0 Å². The van der Waals surface area contributed by atoms with E-state index < -0.39 is 26.7 Å². The van der Waals surface area contributed by atoms with Crippen molar-refractivity contribution in [2.75, 3.05) is 0 Å². The van der Waals surface area contributed by atoms with E-state index in [0.29, 0.717) is 3.51 Å². The second kappa shape index (κ2) is 2.86. The van der Waals surface area contributed by atoms with Crippen LogP contribution in [0, 0.1) is 0 Å². The predicted octanol–water partition coefficient (Wildman–Crippen LogP) is 0.770. The molecule has 0 aliphatic carbocycles. The summed E-state index contributed by atoms with van der Waals surface area (Å²) < 4.78 is 2.19. The fraction of sp³-hybridized carbons (Fsp3) is 0. The van der Waals surface area contributed by atoms with Crippen LogP contribution in [-0.2, 0) is 4.79 Å². The van der Waals surface area contributed by atoms with Gasteiger partial charge in [0.25, 0.3) is 0 Å². The molecule has 1 N–H and O–H groups in total. The molecule has 1 heterocycles. The van der Waals surface area contributed by atoms with Gasteiger partial charge in [-0.1, -0.05) is 20.7 Å². The normalized spacial score (nSPS) is 16.2. The van der Waals surface area contributed by atoms with Crippen LogP contribution in [0.25, 0.3) is 0 Å². The fourth-order valence-electron chi connectivity index (χ4n) is 0.376. The van der Waals surface area contributed by atoms with E-state index in [1.165, 1.54) is 6.20 Å². The van der Waals surface area contributed by atoms with Crippen molar-refractivity contribution in [3.63, 3.8) is 0 Å². The first-order valence-corrected chi connectivity index (χ1v) is 4.55. The number of aliphatic imine (C=N–C) groups is 1. The molecule has 1 rings (SSSR count). The Hall–Kier alpha value is -0.520. The quantitative estimate of drug-likeness (QED) is 0.684. The van der Waals surface area contributed by atoms with Crippen molar-refractivity contribution < 1.29 is 9.90 Å². The lowest BCUT2D eigenvalue weighted by Gasteiger charge is -1.91. The number of carboxylic acid groups (broad SMARTS) is 1. The van der Waals surface area contributed by atoms with Crippen molar-refractivity contribution >= 4 is 34.4 Å². The zero-order valence-corrected chi connectivity index (χ0v) is 6.57. The molecule has 4 heteroatoms. The van der Waals surface area contributed by atoms with Crippen molar-refractivity contribution in [3.8, 4) is 0 Å². The minimum absolute atomic E-state index is 0.453. The number of hydrogen-bond donors (Lipinski definition) is 1. The summed E-state index contributed by atoms with van der Waals surface area (Å²) in [6.45, 7) is 0. The van der Waals surface area contributed by atoms with E-state index in [2.05, 4.69) is 4.99 Å². The third-order valence-electron chi connectivity index (χ3n) is 0.734. The summed E-state index contributed by atoms with van der Waals surface area (Å²) in [6, 6.07) is 0. The maximum Gasteiger partial charge on any atom is 0.341 e. The van der Waals surface area contributed by atoms with Crippen LogP contribution < -0.4 is 0 Å². The molecule has 3 nitrogen and oxygen atoms in total. The maximum atomic E-state index is 10.2. The van der Waals surface area contributed by atoms with Crippen LogP contribution in [0.15, 0.2) is 17.3 Å². The Kier molecular flexibility index (Phi) is 2.10. The molecule has 48 valence electrons. The topological polar surface area (TPSA) is 49.7 Å². The molecular formula is C5H4INO2. The van der Waals surface area contributed by atoms with E-state index in [-0.39, 0.29) is 0 Å². The molecule has 9 heavy (non-hydrogen) atoms. The van der Waals surface area contributed by atoms with Gasteiger partial charge in [-0.05, 0) is 6.08 Å². The summed E-state index contributed by atoms with van der Waals surface area (Å²) in [6.07, 6.45) is 3.06. The van der Waals surface area contributed by atoms with Gasteiger partial charge >= 0.3 is 5.97 Å². The summed E-state index contributed by atoms with van der Waals surface area (Å²) in [5, 5.41) is 8.42. The summed E-state index contributed by atoms with van der Waals surface area (Å²) in [7, 11) is 0. The van der Waals surface area contributed by atoms with Crippen molar-refractivity contribution in [2.45, 2.75) is 0 Å². The van der Waals surface area contributed by atoms with Crippen LogP contribution in [0.3, 0.4) is 0 Å². The largest absolute Gasteiger partial charge is 0.477 e. The van der Waals surface area contributed by atoms with Crippen LogP contribution in [0.1, 0.15) is 0 Å². The second-order valence-corrected chi connectivity index (χ2v) is 3.67. The lowest BCUT2D eigenvalue weighted by Crippen LogP contribution is -2.07. The highest BCUT2D eigenvalue weighted by Crippen LogP contribution is 2.03. The zero-order valence-electron chi connectivity index (χ0n) is 4.41. The molecule has 0 saturated heterocycles. The molecule has 0 saturated carbocycles. The highest BCUT2D eigenvalue weighted by atomic mass is 127. The van der Waals surface area contributed by atoms with Gasteiger partial charge in [-0.25, -0.2) is 4.79 Å². The molecule has 0 fully saturated rings. The van der Waals surface area contributed by atoms with Gasteiger partial charge in [0.2, 0.25) is 0 Å². The number of hydrogen-bond acceptors (Lipinski definition) is 2. The van der Waals surface area contributed by atoms with Crippen LogP contribution >= 0.6 is 20.7 Å². The first kappa shape index (κ1) is 6.60. The molecule has 0 aromatic carbocycles. The molecule has 0 radical (unpaired) electrons. The van der Waals surface area contributed by atoms with E-state index in [1.54, 1.807) is 10.3 Å². The zero-order chi connectivity index (χ0) is 6.69. The standard InChI is InChI=1S/C5H4INO2/c8-5(9)4-1-2-7-3-6-4/h1-3H,(H,8,9). The van der Waals surface area contributed by atoms with Crippen LogP contribution in [0.4, 0.5) is 0 Å². The minimum Gasteiger partial charge on any atom is -0.477 e. The molecule has 0 aromatic heterocycles. The third kappa shape index (κ3) is 1.70. The predicted molar refractivity (Wildman–Crippen MR) is 44.3 cm³/mol. The summed E-state index contributed by atoms with van der Waals surface area (Å²) in [4.78, 5) is 14.0. The molecule has 0 atom stereocenters. The average molecular weight is 237 g/mol. The molecule has 0 amide bonds. The number of aliphatic carboxylic acids is 1. The highest BCUT2D eigenvalue weighted by Gasteiger charge is 2.02. The molecule has 0 spiro atoms. The minimum atomic E-state index is -0.815. The van der Waals surface area contributed by atoms with E-state index in [0.717, 1.165) is 0 Å². The molecular weight excluding hydrogens is 233 g/mol. The summed E-state index contributed by atoms with van der Waals surface area (Å²) >= 11 is -0.453. The smallest absolute Gasteiger partial charge is 0.341 e. The van der Waals surface area contributed by atoms with E-state index in [4.69, 9.17) is 5.11 Å². The van der Waals surface area contributed by atoms with Crippen LogP contribution in [-0.4, -0.2) is 18.8 Å². The van der Waals surface area contributed by atoms with Gasteiger partial charge < -0.3 is 5.11 Å². The Labute approximate surface area is 61.9 Å². The molecule has 0 bridgehead atoms. The summed E-state index contributed by atoms with van der Waals surface area (Å²) in [5.41, 5.74) is 0. The van der Waals surface area contributed by atoms with E-state index in [9.17, 15) is 4.79 Å². The molecule has 0 aromatic rings. The van der Waals surface area contributed by atoms with Crippen LogP contribution in [0.5, 0.6) is 0 Å². The highest BCUT2D eigenvalue weighted by molar-refractivity contribution is 14.2. The second-order valence-electron chi connectivity index (χ2n) is 1.32. The Morgan fingerprint density at radius 3 is 2.89 bits per heavy atom. The van der Waals surface area contributed by atoms with Crippen molar-refractivity contribution in [2.24, 2.45) is 4.99 Å². The fourth-order valence-corrected chi connectivity index (χ4v) is 1.66. The average Bonchev–Trinajstić information content (AvgIpc) is 1.90. The van der Waals surface area contributed by atoms with E-state index in [1.807, 2.05) is 0 Å². The van der Waals surface area contributed by atoms with Gasteiger partial charge in [-0.3, -0.25) is 4.99 Å². The summed E-state index contributed by atoms with van der Waals surface area (Å²) in [5.74, 6) is -0.815. The first-order chi connectivity index (χ1) is 4.30. The lowest BCUT2D eigenvalue weighted by atomic mass is 10.4. The van der Waals surface area contributed by atoms with Gasteiger partial charge in [0, 0.05) is 6.20 Å². The molecule has 1 aliphatic heterocycles. The molecule has 1 aliphatic rings. The molecule has 0 unspecified atom stereocenters. The van der Waals surface area contributed by atoms with Gasteiger partial charge in [0.15, 0.2) is 0 Å². The third-order valence-corrected chi connectivity index (χ3v) is 2.83. The Morgan fingerprint density at radius 2 is 2.56 bits per heavy atom. The SMILES string of the molecule is O=C(O)C1=IC=NC=C1. The van der Waals surface area contributed by atoms with E-state index >= 15 is 0 Å².